The first-order chi connectivity index (χ1) is 19.7. The average Bonchev–Trinajstić information content (AvgIpc) is 2.96. The maximum Gasteiger partial charge on any atom is 0.264 e. The molecule has 9 nitrogen and oxygen atoms in total. The van der Waals surface area contributed by atoms with Crippen molar-refractivity contribution in [1.82, 2.24) is 10.7 Å². The number of nitrogens with zero attached hydrogens (tertiary/aromatic N) is 2. The van der Waals surface area contributed by atoms with Gasteiger partial charge in [-0.3, -0.25) is 13.9 Å². The molecule has 0 unspecified atom stereocenters. The van der Waals surface area contributed by atoms with Gasteiger partial charge in [0.2, 0.25) is 0 Å². The first-order valence-electron chi connectivity index (χ1n) is 13.4. The number of halogens is 1. The molecule has 1 fully saturated rings. The average molecular weight is 642 g/mol. The maximum absolute atomic E-state index is 13.5. The molecule has 2 amide bonds. The standard InChI is InChI=1S/C30H33BrN4O5S/c1-22-10-16-28(17-11-22)41(38,39)35(26-9-5-6-24(31)18-26)20-29(36)34-32-19-23-12-14-27(15-13-23)40-21-30(37)33-25-7-3-2-4-8-25/h5-6,9-19,25H,2-4,7-8,20-21H2,1H3,(H,33,37)(H,34,36)/b32-19-. The van der Waals surface area contributed by atoms with E-state index in [0.29, 0.717) is 21.5 Å². The molecule has 0 radical (unpaired) electrons. The van der Waals surface area contributed by atoms with Crippen LogP contribution in [0.4, 0.5) is 5.69 Å². The van der Waals surface area contributed by atoms with E-state index >= 15 is 0 Å². The zero-order valence-electron chi connectivity index (χ0n) is 22.8. The number of hydrogen-bond acceptors (Lipinski definition) is 6. The summed E-state index contributed by atoms with van der Waals surface area (Å²) in [4.78, 5) is 25.0. The summed E-state index contributed by atoms with van der Waals surface area (Å²) in [5, 5.41) is 7.00. The minimum absolute atomic E-state index is 0.0556. The highest BCUT2D eigenvalue weighted by Crippen LogP contribution is 2.26. The summed E-state index contributed by atoms with van der Waals surface area (Å²) >= 11 is 3.36. The molecule has 3 aromatic rings. The molecule has 0 aromatic heterocycles. The Morgan fingerprint density at radius 1 is 1.00 bits per heavy atom. The lowest BCUT2D eigenvalue weighted by molar-refractivity contribution is -0.124. The highest BCUT2D eigenvalue weighted by atomic mass is 79.9. The molecule has 216 valence electrons. The number of hydrogen-bond donors (Lipinski definition) is 2. The van der Waals surface area contributed by atoms with Crippen molar-refractivity contribution in [3.63, 3.8) is 0 Å². The van der Waals surface area contributed by atoms with Gasteiger partial charge in [0.15, 0.2) is 6.61 Å². The second-order valence-electron chi connectivity index (χ2n) is 9.86. The van der Waals surface area contributed by atoms with Gasteiger partial charge in [0.05, 0.1) is 16.8 Å². The highest BCUT2D eigenvalue weighted by Gasteiger charge is 2.27. The Morgan fingerprint density at radius 3 is 2.39 bits per heavy atom. The molecule has 3 aromatic carbocycles. The molecule has 1 saturated carbocycles. The lowest BCUT2D eigenvalue weighted by atomic mass is 9.95. The van der Waals surface area contributed by atoms with Crippen LogP contribution in [0.15, 0.2) is 87.3 Å². The van der Waals surface area contributed by atoms with E-state index in [1.54, 1.807) is 60.7 Å². The quantitative estimate of drug-likeness (QED) is 0.228. The summed E-state index contributed by atoms with van der Waals surface area (Å²) in [6.07, 6.45) is 6.98. The summed E-state index contributed by atoms with van der Waals surface area (Å²) in [6.45, 7) is 1.34. The van der Waals surface area contributed by atoms with Gasteiger partial charge in [-0.1, -0.05) is 59.0 Å². The van der Waals surface area contributed by atoms with E-state index in [9.17, 15) is 18.0 Å². The van der Waals surface area contributed by atoms with Crippen molar-refractivity contribution < 1.29 is 22.7 Å². The van der Waals surface area contributed by atoms with E-state index < -0.39 is 22.5 Å². The van der Waals surface area contributed by atoms with Crippen molar-refractivity contribution in [2.45, 2.75) is 50.0 Å². The molecule has 2 N–H and O–H groups in total. The van der Waals surface area contributed by atoms with Gasteiger partial charge in [-0.05, 0) is 79.9 Å². The fourth-order valence-electron chi connectivity index (χ4n) is 4.44. The third-order valence-electron chi connectivity index (χ3n) is 6.62. The van der Waals surface area contributed by atoms with Gasteiger partial charge >= 0.3 is 0 Å². The van der Waals surface area contributed by atoms with Gasteiger partial charge in [0.1, 0.15) is 12.3 Å². The molecule has 0 bridgehead atoms. The second kappa shape index (κ2) is 14.3. The van der Waals surface area contributed by atoms with E-state index in [4.69, 9.17) is 4.74 Å². The van der Waals surface area contributed by atoms with Crippen LogP contribution in [0.1, 0.15) is 43.2 Å². The number of aryl methyl sites for hydroxylation is 1. The number of ether oxygens (including phenoxy) is 1. The topological polar surface area (TPSA) is 117 Å². The minimum atomic E-state index is -4.03. The number of benzene rings is 3. The highest BCUT2D eigenvalue weighted by molar-refractivity contribution is 9.10. The summed E-state index contributed by atoms with van der Waals surface area (Å²) in [5.41, 5.74) is 4.34. The number of carbonyl (C=O) groups excluding carboxylic acids is 2. The van der Waals surface area contributed by atoms with Crippen molar-refractivity contribution in [2.24, 2.45) is 5.10 Å². The Bertz CT molecular complexity index is 1470. The van der Waals surface area contributed by atoms with Gasteiger partial charge < -0.3 is 10.1 Å². The molecule has 0 spiro atoms. The molecule has 4 rings (SSSR count). The summed E-state index contributed by atoms with van der Waals surface area (Å²) in [6, 6.07) is 20.3. The number of nitrogens with one attached hydrogen (secondary N) is 2. The SMILES string of the molecule is Cc1ccc(S(=O)(=O)N(CC(=O)N/N=C\c2ccc(OCC(=O)NC3CCCCC3)cc2)c2cccc(Br)c2)cc1. The molecule has 0 aliphatic heterocycles. The van der Waals surface area contributed by atoms with Crippen LogP contribution < -0.4 is 19.8 Å². The summed E-state index contributed by atoms with van der Waals surface area (Å²) in [5.74, 6) is -0.205. The molecule has 0 atom stereocenters. The first kappa shape index (κ1) is 30.3. The predicted molar refractivity (Wildman–Crippen MR) is 163 cm³/mol. The Hall–Kier alpha value is -3.70. The minimum Gasteiger partial charge on any atom is -0.484 e. The van der Waals surface area contributed by atoms with Crippen molar-refractivity contribution in [3.05, 3.63) is 88.4 Å². The normalized spacial score (nSPS) is 14.0. The molecular formula is C30H33BrN4O5S. The van der Waals surface area contributed by atoms with E-state index in [1.165, 1.54) is 24.8 Å². The summed E-state index contributed by atoms with van der Waals surface area (Å²) in [7, 11) is -4.03. The third kappa shape index (κ3) is 8.89. The van der Waals surface area contributed by atoms with Crippen LogP contribution >= 0.6 is 15.9 Å². The maximum atomic E-state index is 13.5. The second-order valence-corrected chi connectivity index (χ2v) is 12.6. The number of carbonyl (C=O) groups is 2. The Morgan fingerprint density at radius 2 is 1.71 bits per heavy atom. The van der Waals surface area contributed by atoms with Crippen molar-refractivity contribution in [1.29, 1.82) is 0 Å². The Labute approximate surface area is 249 Å². The van der Waals surface area contributed by atoms with Crippen LogP contribution in [0.5, 0.6) is 5.75 Å². The van der Waals surface area contributed by atoms with Crippen LogP contribution in [0, 0.1) is 6.92 Å². The fraction of sp³-hybridized carbons (Fsp3) is 0.300. The third-order valence-corrected chi connectivity index (χ3v) is 8.90. The van der Waals surface area contributed by atoms with Crippen LogP contribution in [0.2, 0.25) is 0 Å². The number of hydrazone groups is 1. The molecule has 0 heterocycles. The van der Waals surface area contributed by atoms with Gasteiger partial charge in [-0.2, -0.15) is 5.10 Å². The van der Waals surface area contributed by atoms with Gasteiger partial charge in [0.25, 0.3) is 21.8 Å². The molecule has 1 aliphatic carbocycles. The molecule has 11 heteroatoms. The lowest BCUT2D eigenvalue weighted by Gasteiger charge is -2.24. The molecule has 0 saturated heterocycles. The monoisotopic (exact) mass is 640 g/mol. The largest absolute Gasteiger partial charge is 0.484 e. The van der Waals surface area contributed by atoms with E-state index in [-0.39, 0.29) is 23.5 Å². The number of anilines is 1. The van der Waals surface area contributed by atoms with E-state index in [0.717, 1.165) is 35.6 Å². The van der Waals surface area contributed by atoms with E-state index in [1.807, 2.05) is 6.92 Å². The predicted octanol–water partition coefficient (Wildman–Crippen LogP) is 4.93. The Balaban J connectivity index is 1.34. The number of amides is 2. The van der Waals surface area contributed by atoms with E-state index in [2.05, 4.69) is 31.8 Å². The zero-order valence-corrected chi connectivity index (χ0v) is 25.2. The number of sulfonamides is 1. The van der Waals surface area contributed by atoms with Crippen molar-refractivity contribution in [3.8, 4) is 5.75 Å². The van der Waals surface area contributed by atoms with Crippen LogP contribution in [0.25, 0.3) is 0 Å². The summed E-state index contributed by atoms with van der Waals surface area (Å²) < 4.78 is 34.2. The van der Waals surface area contributed by atoms with Crippen molar-refractivity contribution >= 4 is 49.7 Å². The van der Waals surface area contributed by atoms with Gasteiger partial charge in [-0.15, -0.1) is 0 Å². The van der Waals surface area contributed by atoms with Crippen LogP contribution in [-0.4, -0.2) is 45.6 Å². The lowest BCUT2D eigenvalue weighted by Crippen LogP contribution is -2.39. The molecular weight excluding hydrogens is 608 g/mol. The van der Waals surface area contributed by atoms with Crippen LogP contribution in [0.3, 0.4) is 0 Å². The molecule has 1 aliphatic rings. The smallest absolute Gasteiger partial charge is 0.264 e. The van der Waals surface area contributed by atoms with Crippen LogP contribution in [-0.2, 0) is 19.6 Å². The van der Waals surface area contributed by atoms with Gasteiger partial charge in [-0.25, -0.2) is 13.8 Å². The van der Waals surface area contributed by atoms with Crippen molar-refractivity contribution in [2.75, 3.05) is 17.5 Å². The molecule has 41 heavy (non-hydrogen) atoms. The van der Waals surface area contributed by atoms with Gasteiger partial charge in [0, 0.05) is 10.5 Å². The Kier molecular flexibility index (Phi) is 10.5. The fourth-order valence-corrected chi connectivity index (χ4v) is 6.24. The first-order valence-corrected chi connectivity index (χ1v) is 15.6. The zero-order chi connectivity index (χ0) is 29.2. The number of rotatable bonds is 11.